The average molecular weight is 273 g/mol. The van der Waals surface area contributed by atoms with Crippen LogP contribution in [0.1, 0.15) is 41.4 Å². The van der Waals surface area contributed by atoms with Crippen LogP contribution in [0.25, 0.3) is 0 Å². The molecule has 0 bridgehead atoms. The number of aromatic nitrogens is 2. The molecule has 0 N–H and O–H groups in total. The first-order valence-corrected chi connectivity index (χ1v) is 7.75. The van der Waals surface area contributed by atoms with Gasteiger partial charge in [-0.3, -0.25) is 4.90 Å². The van der Waals surface area contributed by atoms with Crippen molar-refractivity contribution >= 4 is 11.3 Å². The van der Waals surface area contributed by atoms with Crippen molar-refractivity contribution in [2.75, 3.05) is 6.54 Å². The number of thiophene rings is 1. The summed E-state index contributed by atoms with van der Waals surface area (Å²) in [4.78, 5) is 12.5. The Hall–Kier alpha value is -1.26. The van der Waals surface area contributed by atoms with Crippen LogP contribution < -0.4 is 0 Å². The average Bonchev–Trinajstić information content (AvgIpc) is 2.86. The molecule has 2 aromatic rings. The van der Waals surface area contributed by atoms with Gasteiger partial charge in [0.05, 0.1) is 11.7 Å². The zero-order valence-corrected chi connectivity index (χ0v) is 12.1. The van der Waals surface area contributed by atoms with Crippen molar-refractivity contribution in [1.29, 1.82) is 0 Å². The summed E-state index contributed by atoms with van der Waals surface area (Å²) in [6, 6.07) is 4.73. The van der Waals surface area contributed by atoms with Gasteiger partial charge in [0.1, 0.15) is 6.33 Å². The van der Waals surface area contributed by atoms with Crippen molar-refractivity contribution in [1.82, 2.24) is 14.9 Å². The van der Waals surface area contributed by atoms with Crippen LogP contribution in [0.15, 0.2) is 30.0 Å². The Bertz CT molecular complexity index is 523. The number of likely N-dealkylation sites (tertiary alicyclic amines) is 1. The van der Waals surface area contributed by atoms with Crippen LogP contribution in [-0.2, 0) is 6.54 Å². The second-order valence-corrected chi connectivity index (χ2v) is 6.14. The lowest BCUT2D eigenvalue weighted by atomic mass is 9.99. The smallest absolute Gasteiger partial charge is 0.115 e. The van der Waals surface area contributed by atoms with Crippen molar-refractivity contribution in [3.05, 3.63) is 46.2 Å². The molecule has 1 fully saturated rings. The molecule has 4 heteroatoms. The Morgan fingerprint density at radius 1 is 1.37 bits per heavy atom. The Kier molecular flexibility index (Phi) is 3.89. The molecule has 1 aliphatic rings. The molecule has 0 unspecified atom stereocenters. The Balaban J connectivity index is 1.80. The largest absolute Gasteiger partial charge is 0.290 e. The highest BCUT2D eigenvalue weighted by Gasteiger charge is 2.25. The third kappa shape index (κ3) is 2.85. The number of rotatable bonds is 3. The van der Waals surface area contributed by atoms with Crippen molar-refractivity contribution in [2.45, 2.75) is 38.8 Å². The molecule has 19 heavy (non-hydrogen) atoms. The summed E-state index contributed by atoms with van der Waals surface area (Å²) >= 11 is 1.87. The topological polar surface area (TPSA) is 29.0 Å². The molecule has 1 atom stereocenters. The molecule has 1 saturated heterocycles. The molecule has 100 valence electrons. The highest BCUT2D eigenvalue weighted by Crippen LogP contribution is 2.32. The predicted molar refractivity (Wildman–Crippen MR) is 78.1 cm³/mol. The minimum absolute atomic E-state index is 0.457. The number of piperidine rings is 1. The molecule has 2 aromatic heterocycles. The fourth-order valence-electron chi connectivity index (χ4n) is 2.76. The Labute approximate surface area is 118 Å². The van der Waals surface area contributed by atoms with Gasteiger partial charge in [0.15, 0.2) is 0 Å². The van der Waals surface area contributed by atoms with E-state index in [0.29, 0.717) is 6.04 Å². The summed E-state index contributed by atoms with van der Waals surface area (Å²) in [6.07, 6.45) is 7.33. The normalized spacial score (nSPS) is 20.6. The SMILES string of the molecule is Cc1ccsc1CN1CCCC[C@@H]1c1ccncn1. The molecule has 0 aliphatic carbocycles. The van der Waals surface area contributed by atoms with E-state index in [9.17, 15) is 0 Å². The van der Waals surface area contributed by atoms with Gasteiger partial charge in [-0.15, -0.1) is 11.3 Å². The molecule has 3 nitrogen and oxygen atoms in total. The minimum Gasteiger partial charge on any atom is -0.290 e. The molecule has 0 radical (unpaired) electrons. The summed E-state index contributed by atoms with van der Waals surface area (Å²) < 4.78 is 0. The lowest BCUT2D eigenvalue weighted by molar-refractivity contribution is 0.138. The van der Waals surface area contributed by atoms with Gasteiger partial charge < -0.3 is 0 Å². The second-order valence-electron chi connectivity index (χ2n) is 5.14. The van der Waals surface area contributed by atoms with Crippen molar-refractivity contribution in [3.8, 4) is 0 Å². The molecule has 0 aromatic carbocycles. The minimum atomic E-state index is 0.457. The number of aryl methyl sites for hydroxylation is 1. The van der Waals surface area contributed by atoms with Crippen molar-refractivity contribution < 1.29 is 0 Å². The van der Waals surface area contributed by atoms with E-state index < -0.39 is 0 Å². The van der Waals surface area contributed by atoms with E-state index in [1.807, 2.05) is 17.5 Å². The Morgan fingerprint density at radius 2 is 2.32 bits per heavy atom. The lowest BCUT2D eigenvalue weighted by Crippen LogP contribution is -2.33. The molecule has 3 heterocycles. The van der Waals surface area contributed by atoms with E-state index in [1.54, 1.807) is 6.33 Å². The standard InChI is InChI=1S/C15H19N3S/c1-12-6-9-19-15(12)10-18-8-3-2-4-14(18)13-5-7-16-11-17-13/h5-7,9,11,14H,2-4,8,10H2,1H3/t14-/m1/s1. The maximum atomic E-state index is 4.45. The van der Waals surface area contributed by atoms with Gasteiger partial charge in [0.2, 0.25) is 0 Å². The second kappa shape index (κ2) is 5.80. The molecule has 0 spiro atoms. The van der Waals surface area contributed by atoms with Crippen LogP contribution in [0.5, 0.6) is 0 Å². The number of hydrogen-bond donors (Lipinski definition) is 0. The van der Waals surface area contributed by atoms with Crippen LogP contribution >= 0.6 is 11.3 Å². The zero-order chi connectivity index (χ0) is 13.1. The van der Waals surface area contributed by atoms with E-state index in [4.69, 9.17) is 0 Å². The zero-order valence-electron chi connectivity index (χ0n) is 11.2. The van der Waals surface area contributed by atoms with Gasteiger partial charge in [-0.05, 0) is 49.4 Å². The van der Waals surface area contributed by atoms with E-state index in [1.165, 1.54) is 41.9 Å². The summed E-state index contributed by atoms with van der Waals surface area (Å²) in [5.74, 6) is 0. The molecule has 3 rings (SSSR count). The first-order chi connectivity index (χ1) is 9.34. The summed E-state index contributed by atoms with van der Waals surface area (Å²) in [7, 11) is 0. The van der Waals surface area contributed by atoms with Gasteiger partial charge >= 0.3 is 0 Å². The van der Waals surface area contributed by atoms with E-state index in [0.717, 1.165) is 6.54 Å². The first-order valence-electron chi connectivity index (χ1n) is 6.87. The quantitative estimate of drug-likeness (QED) is 0.856. The van der Waals surface area contributed by atoms with Crippen molar-refractivity contribution in [2.24, 2.45) is 0 Å². The molecular weight excluding hydrogens is 254 g/mol. The molecule has 1 aliphatic heterocycles. The molecule has 0 saturated carbocycles. The molecular formula is C15H19N3S. The fourth-order valence-corrected chi connectivity index (χ4v) is 3.69. The van der Waals surface area contributed by atoms with Gasteiger partial charge in [-0.1, -0.05) is 6.42 Å². The van der Waals surface area contributed by atoms with Crippen LogP contribution in [0.2, 0.25) is 0 Å². The highest BCUT2D eigenvalue weighted by atomic mass is 32.1. The van der Waals surface area contributed by atoms with E-state index in [2.05, 4.69) is 39.3 Å². The van der Waals surface area contributed by atoms with Crippen molar-refractivity contribution in [3.63, 3.8) is 0 Å². The van der Waals surface area contributed by atoms with E-state index in [-0.39, 0.29) is 0 Å². The lowest BCUT2D eigenvalue weighted by Gasteiger charge is -2.35. The third-order valence-electron chi connectivity index (χ3n) is 3.87. The molecule has 0 amide bonds. The number of nitrogens with zero attached hydrogens (tertiary/aromatic N) is 3. The van der Waals surface area contributed by atoms with Crippen LogP contribution in [0.4, 0.5) is 0 Å². The third-order valence-corrected chi connectivity index (χ3v) is 4.88. The summed E-state index contributed by atoms with van der Waals surface area (Å²) in [5.41, 5.74) is 2.58. The summed E-state index contributed by atoms with van der Waals surface area (Å²) in [5, 5.41) is 2.19. The first kappa shape index (κ1) is 12.8. The van der Waals surface area contributed by atoms with E-state index >= 15 is 0 Å². The maximum Gasteiger partial charge on any atom is 0.115 e. The summed E-state index contributed by atoms with van der Waals surface area (Å²) in [6.45, 7) is 4.43. The monoisotopic (exact) mass is 273 g/mol. The predicted octanol–water partition coefficient (Wildman–Crippen LogP) is 3.57. The Morgan fingerprint density at radius 3 is 3.05 bits per heavy atom. The van der Waals surface area contributed by atoms with Gasteiger partial charge in [0.25, 0.3) is 0 Å². The number of hydrogen-bond acceptors (Lipinski definition) is 4. The van der Waals surface area contributed by atoms with Gasteiger partial charge in [-0.2, -0.15) is 0 Å². The van der Waals surface area contributed by atoms with Gasteiger partial charge in [0, 0.05) is 17.6 Å². The highest BCUT2D eigenvalue weighted by molar-refractivity contribution is 7.10. The van der Waals surface area contributed by atoms with Crippen LogP contribution in [-0.4, -0.2) is 21.4 Å². The maximum absolute atomic E-state index is 4.45. The van der Waals surface area contributed by atoms with Crippen LogP contribution in [0, 0.1) is 6.92 Å². The van der Waals surface area contributed by atoms with Gasteiger partial charge in [-0.25, -0.2) is 9.97 Å². The van der Waals surface area contributed by atoms with Crippen LogP contribution in [0.3, 0.4) is 0 Å². The fraction of sp³-hybridized carbons (Fsp3) is 0.467.